The first-order valence-electron chi connectivity index (χ1n) is 12.4. The molecule has 0 aliphatic carbocycles. The SMILES string of the molecule is Cc1ccc(C(=O)Nc2ccc(N3CCN(Cc4ccccn4)CC3)nc2)c(C#N)c1-c1ccccc1. The summed E-state index contributed by atoms with van der Waals surface area (Å²) in [6.45, 7) is 6.43. The molecule has 7 nitrogen and oxygen atoms in total. The molecule has 37 heavy (non-hydrogen) atoms. The van der Waals surface area contributed by atoms with Crippen molar-refractivity contribution < 1.29 is 4.79 Å². The molecule has 0 bridgehead atoms. The van der Waals surface area contributed by atoms with E-state index in [1.165, 1.54) is 0 Å². The van der Waals surface area contributed by atoms with Crippen molar-refractivity contribution in [2.45, 2.75) is 13.5 Å². The molecule has 4 aromatic rings. The van der Waals surface area contributed by atoms with Crippen LogP contribution >= 0.6 is 0 Å². The van der Waals surface area contributed by atoms with Crippen molar-refractivity contribution >= 4 is 17.4 Å². The summed E-state index contributed by atoms with van der Waals surface area (Å²) in [5.74, 6) is 0.557. The maximum atomic E-state index is 13.2. The fraction of sp³-hybridized carbons (Fsp3) is 0.200. The molecule has 1 aliphatic rings. The van der Waals surface area contributed by atoms with Crippen LogP contribution in [0.3, 0.4) is 0 Å². The summed E-state index contributed by atoms with van der Waals surface area (Å²) in [5.41, 5.74) is 5.04. The number of amides is 1. The number of piperazine rings is 1. The molecule has 0 unspecified atom stereocenters. The smallest absolute Gasteiger partial charge is 0.257 e. The lowest BCUT2D eigenvalue weighted by Crippen LogP contribution is -2.46. The molecule has 2 aromatic carbocycles. The highest BCUT2D eigenvalue weighted by Gasteiger charge is 2.20. The van der Waals surface area contributed by atoms with Crippen LogP contribution in [-0.4, -0.2) is 47.0 Å². The number of nitrogens with one attached hydrogen (secondary N) is 1. The van der Waals surface area contributed by atoms with E-state index >= 15 is 0 Å². The molecule has 7 heteroatoms. The average Bonchev–Trinajstić information content (AvgIpc) is 2.94. The zero-order valence-electron chi connectivity index (χ0n) is 20.8. The average molecular weight is 489 g/mol. The van der Waals surface area contributed by atoms with Crippen LogP contribution < -0.4 is 10.2 Å². The Morgan fingerprint density at radius 1 is 0.946 bits per heavy atom. The molecule has 3 heterocycles. The van der Waals surface area contributed by atoms with Gasteiger partial charge >= 0.3 is 0 Å². The molecule has 5 rings (SSSR count). The van der Waals surface area contributed by atoms with Crippen LogP contribution in [0.2, 0.25) is 0 Å². The Morgan fingerprint density at radius 2 is 1.73 bits per heavy atom. The number of anilines is 2. The molecule has 0 atom stereocenters. The number of aromatic nitrogens is 2. The van der Waals surface area contributed by atoms with Gasteiger partial charge in [-0.3, -0.25) is 14.7 Å². The number of benzene rings is 2. The predicted octanol–water partition coefficient (Wildman–Crippen LogP) is 4.90. The van der Waals surface area contributed by atoms with E-state index in [0.29, 0.717) is 16.8 Å². The molecule has 1 saturated heterocycles. The Kier molecular flexibility index (Phi) is 7.20. The highest BCUT2D eigenvalue weighted by atomic mass is 16.1. The standard InChI is InChI=1S/C30H28N6O/c1-22-10-12-26(27(19-31)29(22)23-7-3-2-4-8-23)30(37)34-24-11-13-28(33-20-24)36-17-15-35(16-18-36)21-25-9-5-6-14-32-25/h2-14,20H,15-18,21H2,1H3,(H,34,37). The maximum absolute atomic E-state index is 13.2. The number of hydrogen-bond donors (Lipinski definition) is 1. The summed E-state index contributed by atoms with van der Waals surface area (Å²) in [6.07, 6.45) is 3.50. The lowest BCUT2D eigenvalue weighted by molar-refractivity contribution is 0.102. The third-order valence-electron chi connectivity index (χ3n) is 6.65. The Hall–Kier alpha value is -4.54. The predicted molar refractivity (Wildman–Crippen MR) is 145 cm³/mol. The van der Waals surface area contributed by atoms with Crippen molar-refractivity contribution in [2.75, 3.05) is 36.4 Å². The largest absolute Gasteiger partial charge is 0.354 e. The van der Waals surface area contributed by atoms with E-state index in [1.807, 2.05) is 73.8 Å². The van der Waals surface area contributed by atoms with Gasteiger partial charge in [-0.25, -0.2) is 4.98 Å². The van der Waals surface area contributed by atoms with Crippen LogP contribution in [0.25, 0.3) is 11.1 Å². The molecule has 1 fully saturated rings. The van der Waals surface area contributed by atoms with Crippen molar-refractivity contribution in [3.8, 4) is 17.2 Å². The molecule has 2 aromatic heterocycles. The van der Waals surface area contributed by atoms with Crippen molar-refractivity contribution in [1.29, 1.82) is 5.26 Å². The number of carbonyl (C=O) groups is 1. The molecule has 1 amide bonds. The van der Waals surface area contributed by atoms with Gasteiger partial charge in [-0.15, -0.1) is 0 Å². The Morgan fingerprint density at radius 3 is 2.41 bits per heavy atom. The molecular weight excluding hydrogens is 460 g/mol. The van der Waals surface area contributed by atoms with E-state index < -0.39 is 0 Å². The van der Waals surface area contributed by atoms with Crippen LogP contribution in [0.5, 0.6) is 0 Å². The fourth-order valence-corrected chi connectivity index (χ4v) is 4.69. The molecule has 0 spiro atoms. The van der Waals surface area contributed by atoms with Crippen molar-refractivity contribution in [2.24, 2.45) is 0 Å². The second-order valence-electron chi connectivity index (χ2n) is 9.10. The summed E-state index contributed by atoms with van der Waals surface area (Å²) in [4.78, 5) is 26.8. The van der Waals surface area contributed by atoms with Gasteiger partial charge in [-0.2, -0.15) is 5.26 Å². The van der Waals surface area contributed by atoms with Crippen LogP contribution in [0, 0.1) is 18.3 Å². The monoisotopic (exact) mass is 488 g/mol. The third kappa shape index (κ3) is 5.50. The van der Waals surface area contributed by atoms with Gasteiger partial charge in [-0.05, 0) is 48.4 Å². The fourth-order valence-electron chi connectivity index (χ4n) is 4.69. The minimum absolute atomic E-state index is 0.327. The summed E-state index contributed by atoms with van der Waals surface area (Å²) in [7, 11) is 0. The quantitative estimate of drug-likeness (QED) is 0.416. The number of rotatable bonds is 6. The molecule has 0 saturated carbocycles. The highest BCUT2D eigenvalue weighted by Crippen LogP contribution is 2.30. The number of nitrogens with zero attached hydrogens (tertiary/aromatic N) is 5. The summed E-state index contributed by atoms with van der Waals surface area (Å²) in [6, 6.07) is 25.3. The van der Waals surface area contributed by atoms with E-state index in [9.17, 15) is 10.1 Å². The van der Waals surface area contributed by atoms with E-state index in [4.69, 9.17) is 0 Å². The number of nitriles is 1. The number of carbonyl (C=O) groups excluding carboxylic acids is 1. The summed E-state index contributed by atoms with van der Waals surface area (Å²) in [5, 5.41) is 12.8. The van der Waals surface area contributed by atoms with Gasteiger partial charge in [0.05, 0.1) is 28.7 Å². The minimum Gasteiger partial charge on any atom is -0.354 e. The van der Waals surface area contributed by atoms with Gasteiger partial charge in [0.2, 0.25) is 0 Å². The molecule has 1 N–H and O–H groups in total. The van der Waals surface area contributed by atoms with Gasteiger partial charge in [-0.1, -0.05) is 42.5 Å². The van der Waals surface area contributed by atoms with Crippen LogP contribution in [0.1, 0.15) is 27.2 Å². The summed E-state index contributed by atoms with van der Waals surface area (Å²) >= 11 is 0. The second kappa shape index (κ2) is 11.0. The Balaban J connectivity index is 1.24. The van der Waals surface area contributed by atoms with E-state index in [-0.39, 0.29) is 5.91 Å². The molecule has 1 aliphatic heterocycles. The van der Waals surface area contributed by atoms with Crippen molar-refractivity contribution in [1.82, 2.24) is 14.9 Å². The number of aryl methyl sites for hydroxylation is 1. The molecule has 184 valence electrons. The van der Waals surface area contributed by atoms with Gasteiger partial charge in [0, 0.05) is 44.5 Å². The van der Waals surface area contributed by atoms with E-state index in [1.54, 1.807) is 12.3 Å². The Labute approximate surface area is 217 Å². The lowest BCUT2D eigenvalue weighted by atomic mass is 9.91. The minimum atomic E-state index is -0.327. The van der Waals surface area contributed by atoms with E-state index in [0.717, 1.165) is 60.9 Å². The van der Waals surface area contributed by atoms with Gasteiger partial charge < -0.3 is 10.2 Å². The van der Waals surface area contributed by atoms with Crippen LogP contribution in [0.4, 0.5) is 11.5 Å². The maximum Gasteiger partial charge on any atom is 0.257 e. The van der Waals surface area contributed by atoms with Gasteiger partial charge in [0.25, 0.3) is 5.91 Å². The first-order chi connectivity index (χ1) is 18.1. The third-order valence-corrected chi connectivity index (χ3v) is 6.65. The second-order valence-corrected chi connectivity index (χ2v) is 9.10. The van der Waals surface area contributed by atoms with Crippen LogP contribution in [0.15, 0.2) is 85.2 Å². The highest BCUT2D eigenvalue weighted by molar-refractivity contribution is 6.07. The number of hydrogen-bond acceptors (Lipinski definition) is 6. The number of pyridine rings is 2. The summed E-state index contributed by atoms with van der Waals surface area (Å²) < 4.78 is 0. The zero-order chi connectivity index (χ0) is 25.6. The Bertz CT molecular complexity index is 1410. The molecule has 0 radical (unpaired) electrons. The molecular formula is C30H28N6O. The topological polar surface area (TPSA) is 85.2 Å². The van der Waals surface area contributed by atoms with E-state index in [2.05, 4.69) is 37.2 Å². The normalized spacial score (nSPS) is 13.7. The lowest BCUT2D eigenvalue weighted by Gasteiger charge is -2.35. The van der Waals surface area contributed by atoms with Crippen LogP contribution in [-0.2, 0) is 6.54 Å². The van der Waals surface area contributed by atoms with Crippen molar-refractivity contribution in [3.63, 3.8) is 0 Å². The first kappa shape index (κ1) is 24.2. The first-order valence-corrected chi connectivity index (χ1v) is 12.4. The van der Waals surface area contributed by atoms with Gasteiger partial charge in [0.1, 0.15) is 11.9 Å². The van der Waals surface area contributed by atoms with Gasteiger partial charge in [0.15, 0.2) is 0 Å². The van der Waals surface area contributed by atoms with Crippen molar-refractivity contribution in [3.05, 3.63) is 108 Å². The zero-order valence-corrected chi connectivity index (χ0v) is 20.8.